The van der Waals surface area contributed by atoms with Crippen LogP contribution in [0.5, 0.6) is 0 Å². The van der Waals surface area contributed by atoms with E-state index < -0.39 is 0 Å². The maximum atomic E-state index is 5.47. The molecule has 2 rings (SSSR count). The normalized spacial score (nSPS) is 12.6. The molecule has 0 saturated heterocycles. The first-order valence-electron chi connectivity index (χ1n) is 6.76. The summed E-state index contributed by atoms with van der Waals surface area (Å²) in [5.74, 6) is 0.724. The minimum atomic E-state index is 0.0916. The highest BCUT2D eigenvalue weighted by Crippen LogP contribution is 2.32. The van der Waals surface area contributed by atoms with Gasteiger partial charge in [0.15, 0.2) is 5.58 Å². The predicted octanol–water partition coefficient (Wildman–Crippen LogP) is 4.71. The Morgan fingerprint density at radius 3 is 2.56 bits per heavy atom. The molecule has 0 radical (unpaired) electrons. The number of fused-ring (bicyclic) bond motifs is 1. The van der Waals surface area contributed by atoms with E-state index in [1.807, 2.05) is 6.20 Å². The SMILES string of the molecule is CC(C)CCc1ccc(C(C)(C)C)c2oncc12. The first-order valence-corrected chi connectivity index (χ1v) is 6.76. The molecule has 2 heteroatoms. The van der Waals surface area contributed by atoms with Gasteiger partial charge in [0.25, 0.3) is 0 Å². The van der Waals surface area contributed by atoms with E-state index >= 15 is 0 Å². The van der Waals surface area contributed by atoms with Crippen LogP contribution >= 0.6 is 0 Å². The average molecular weight is 245 g/mol. The van der Waals surface area contributed by atoms with Crippen LogP contribution in [0.4, 0.5) is 0 Å². The van der Waals surface area contributed by atoms with Crippen LogP contribution in [0, 0.1) is 5.92 Å². The molecule has 0 saturated carbocycles. The van der Waals surface area contributed by atoms with Gasteiger partial charge in [-0.05, 0) is 29.7 Å². The number of hydrogen-bond acceptors (Lipinski definition) is 2. The highest BCUT2D eigenvalue weighted by molar-refractivity contribution is 5.83. The topological polar surface area (TPSA) is 26.0 Å². The third-order valence-electron chi connectivity index (χ3n) is 3.41. The number of hydrogen-bond donors (Lipinski definition) is 0. The molecule has 0 N–H and O–H groups in total. The first kappa shape index (κ1) is 13.1. The second-order valence-electron chi connectivity index (χ2n) is 6.52. The van der Waals surface area contributed by atoms with E-state index in [2.05, 4.69) is 51.9 Å². The summed E-state index contributed by atoms with van der Waals surface area (Å²) in [5, 5.41) is 5.17. The Labute approximate surface area is 109 Å². The van der Waals surface area contributed by atoms with Crippen molar-refractivity contribution in [3.8, 4) is 0 Å². The molecule has 0 aliphatic carbocycles. The summed E-state index contributed by atoms with van der Waals surface area (Å²) in [6.45, 7) is 11.1. The molecule has 0 aliphatic heterocycles. The second-order valence-corrected chi connectivity index (χ2v) is 6.52. The lowest BCUT2D eigenvalue weighted by atomic mass is 9.84. The molecule has 1 aromatic carbocycles. The zero-order valence-electron chi connectivity index (χ0n) is 12.1. The van der Waals surface area contributed by atoms with Gasteiger partial charge in [0, 0.05) is 10.9 Å². The fourth-order valence-electron chi connectivity index (χ4n) is 2.26. The molecular weight excluding hydrogens is 222 g/mol. The van der Waals surface area contributed by atoms with Crippen LogP contribution in [0.1, 0.15) is 52.2 Å². The molecule has 0 bridgehead atoms. The van der Waals surface area contributed by atoms with E-state index in [0.29, 0.717) is 0 Å². The van der Waals surface area contributed by atoms with Crippen molar-refractivity contribution in [3.63, 3.8) is 0 Å². The van der Waals surface area contributed by atoms with Crippen LogP contribution in [0.3, 0.4) is 0 Å². The number of aromatic nitrogens is 1. The first-order chi connectivity index (χ1) is 8.39. The van der Waals surface area contributed by atoms with Gasteiger partial charge in [-0.2, -0.15) is 0 Å². The van der Waals surface area contributed by atoms with E-state index in [1.165, 1.54) is 22.9 Å². The quantitative estimate of drug-likeness (QED) is 0.782. The van der Waals surface area contributed by atoms with E-state index in [-0.39, 0.29) is 5.41 Å². The van der Waals surface area contributed by atoms with Gasteiger partial charge in [0.05, 0.1) is 6.20 Å². The van der Waals surface area contributed by atoms with Gasteiger partial charge < -0.3 is 4.52 Å². The molecule has 0 aliphatic rings. The minimum Gasteiger partial charge on any atom is -0.356 e. The zero-order chi connectivity index (χ0) is 13.3. The Kier molecular flexibility index (Phi) is 3.47. The van der Waals surface area contributed by atoms with E-state index in [9.17, 15) is 0 Å². The fraction of sp³-hybridized carbons (Fsp3) is 0.562. The van der Waals surface area contributed by atoms with Crippen molar-refractivity contribution in [1.29, 1.82) is 0 Å². The lowest BCUT2D eigenvalue weighted by Gasteiger charge is -2.19. The van der Waals surface area contributed by atoms with E-state index in [0.717, 1.165) is 17.9 Å². The van der Waals surface area contributed by atoms with Crippen molar-refractivity contribution in [2.24, 2.45) is 5.92 Å². The van der Waals surface area contributed by atoms with Gasteiger partial charge in [0.2, 0.25) is 0 Å². The van der Waals surface area contributed by atoms with Gasteiger partial charge in [0.1, 0.15) is 0 Å². The molecule has 0 atom stereocenters. The van der Waals surface area contributed by atoms with Gasteiger partial charge >= 0.3 is 0 Å². The summed E-state index contributed by atoms with van der Waals surface area (Å²) in [4.78, 5) is 0. The summed E-state index contributed by atoms with van der Waals surface area (Å²) >= 11 is 0. The molecule has 2 aromatic rings. The number of nitrogens with zero attached hydrogens (tertiary/aromatic N) is 1. The Hall–Kier alpha value is -1.31. The molecule has 0 spiro atoms. The Morgan fingerprint density at radius 2 is 1.94 bits per heavy atom. The zero-order valence-corrected chi connectivity index (χ0v) is 12.1. The summed E-state index contributed by atoms with van der Waals surface area (Å²) in [5.41, 5.74) is 3.65. The molecule has 1 aromatic heterocycles. The van der Waals surface area contributed by atoms with Crippen LogP contribution in [-0.4, -0.2) is 5.16 Å². The summed E-state index contributed by atoms with van der Waals surface area (Å²) in [6.07, 6.45) is 4.16. The van der Waals surface area contributed by atoms with Crippen molar-refractivity contribution in [1.82, 2.24) is 5.16 Å². The minimum absolute atomic E-state index is 0.0916. The average Bonchev–Trinajstić information content (AvgIpc) is 2.72. The van der Waals surface area contributed by atoms with Crippen molar-refractivity contribution < 1.29 is 4.52 Å². The Morgan fingerprint density at radius 1 is 1.22 bits per heavy atom. The summed E-state index contributed by atoms with van der Waals surface area (Å²) < 4.78 is 5.47. The van der Waals surface area contributed by atoms with Crippen LogP contribution in [0.15, 0.2) is 22.9 Å². The summed E-state index contributed by atoms with van der Waals surface area (Å²) in [7, 11) is 0. The highest BCUT2D eigenvalue weighted by atomic mass is 16.5. The molecule has 18 heavy (non-hydrogen) atoms. The standard InChI is InChI=1S/C16H23NO/c1-11(2)6-7-12-8-9-14(16(3,4)5)15-13(12)10-17-18-15/h8-11H,6-7H2,1-5H3. The fourth-order valence-corrected chi connectivity index (χ4v) is 2.26. The second kappa shape index (κ2) is 4.75. The van der Waals surface area contributed by atoms with E-state index in [1.54, 1.807) is 0 Å². The van der Waals surface area contributed by atoms with Crippen LogP contribution in [-0.2, 0) is 11.8 Å². The highest BCUT2D eigenvalue weighted by Gasteiger charge is 2.20. The number of benzene rings is 1. The predicted molar refractivity (Wildman–Crippen MR) is 75.9 cm³/mol. The Balaban J connectivity index is 2.44. The number of rotatable bonds is 3. The monoisotopic (exact) mass is 245 g/mol. The van der Waals surface area contributed by atoms with Gasteiger partial charge in [-0.15, -0.1) is 0 Å². The van der Waals surface area contributed by atoms with Gasteiger partial charge in [-0.25, -0.2) is 0 Å². The van der Waals surface area contributed by atoms with Gasteiger partial charge in [-0.1, -0.05) is 51.9 Å². The van der Waals surface area contributed by atoms with Crippen molar-refractivity contribution in [2.75, 3.05) is 0 Å². The van der Waals surface area contributed by atoms with Gasteiger partial charge in [-0.3, -0.25) is 0 Å². The molecule has 1 heterocycles. The van der Waals surface area contributed by atoms with Crippen LogP contribution in [0.2, 0.25) is 0 Å². The molecule has 2 nitrogen and oxygen atoms in total. The third-order valence-corrected chi connectivity index (χ3v) is 3.41. The molecular formula is C16H23NO. The smallest absolute Gasteiger partial charge is 0.170 e. The lowest BCUT2D eigenvalue weighted by Crippen LogP contribution is -2.11. The number of aryl methyl sites for hydroxylation is 1. The van der Waals surface area contributed by atoms with Crippen LogP contribution in [0.25, 0.3) is 11.0 Å². The molecule has 0 amide bonds. The largest absolute Gasteiger partial charge is 0.356 e. The Bertz CT molecular complexity index is 532. The van der Waals surface area contributed by atoms with Crippen molar-refractivity contribution in [2.45, 2.75) is 52.9 Å². The summed E-state index contributed by atoms with van der Waals surface area (Å²) in [6, 6.07) is 4.44. The van der Waals surface area contributed by atoms with Crippen molar-refractivity contribution >= 4 is 11.0 Å². The molecule has 0 unspecified atom stereocenters. The maximum absolute atomic E-state index is 5.47. The molecule has 98 valence electrons. The molecule has 0 fully saturated rings. The lowest BCUT2D eigenvalue weighted by molar-refractivity contribution is 0.446. The third kappa shape index (κ3) is 2.58. The van der Waals surface area contributed by atoms with Crippen LogP contribution < -0.4 is 0 Å². The maximum Gasteiger partial charge on any atom is 0.170 e. The van der Waals surface area contributed by atoms with E-state index in [4.69, 9.17) is 4.52 Å². The van der Waals surface area contributed by atoms with Crippen molar-refractivity contribution in [3.05, 3.63) is 29.5 Å².